The Morgan fingerprint density at radius 2 is 2.38 bits per heavy atom. The molecule has 3 rings (SSSR count). The number of carbonyl (C=O) groups is 3. The summed E-state index contributed by atoms with van der Waals surface area (Å²) in [5.41, 5.74) is 0.366. The molecule has 2 amide bonds. The standard InChI is InChI=1S/C15H15N3O4S2/c1-15-4-2-12(20)18(15)10(8-24-15)14(21)22-7-11(19)17-13-9(6-16)3-5-23-13/h3,5,10H,2,4,7-8H2,1H3,(H,17,19)/t10-,15-/m0/s1. The zero-order valence-corrected chi connectivity index (χ0v) is 14.5. The molecule has 2 aliphatic heterocycles. The summed E-state index contributed by atoms with van der Waals surface area (Å²) < 4.78 is 5.08. The molecular formula is C15H15N3O4S2. The van der Waals surface area contributed by atoms with Gasteiger partial charge in [-0.1, -0.05) is 0 Å². The van der Waals surface area contributed by atoms with Gasteiger partial charge in [-0.3, -0.25) is 9.59 Å². The number of thioether (sulfide) groups is 1. The van der Waals surface area contributed by atoms with Crippen LogP contribution in [0.4, 0.5) is 5.00 Å². The molecule has 1 N–H and O–H groups in total. The molecule has 0 saturated carbocycles. The first-order chi connectivity index (χ1) is 11.4. The van der Waals surface area contributed by atoms with Gasteiger partial charge >= 0.3 is 5.97 Å². The minimum Gasteiger partial charge on any atom is -0.454 e. The Morgan fingerprint density at radius 3 is 3.12 bits per heavy atom. The Hall–Kier alpha value is -2.05. The number of amides is 2. The summed E-state index contributed by atoms with van der Waals surface area (Å²) in [6.45, 7) is 1.50. The monoisotopic (exact) mass is 365 g/mol. The van der Waals surface area contributed by atoms with Gasteiger partial charge in [0.1, 0.15) is 17.1 Å². The molecule has 2 saturated heterocycles. The minimum absolute atomic E-state index is 0.0499. The molecule has 0 aromatic carbocycles. The molecular weight excluding hydrogens is 350 g/mol. The highest BCUT2D eigenvalue weighted by Gasteiger charge is 2.53. The second kappa shape index (κ2) is 6.45. The van der Waals surface area contributed by atoms with Crippen LogP contribution in [0.3, 0.4) is 0 Å². The van der Waals surface area contributed by atoms with Gasteiger partial charge in [0.25, 0.3) is 5.91 Å². The summed E-state index contributed by atoms with van der Waals surface area (Å²) >= 11 is 2.79. The van der Waals surface area contributed by atoms with Crippen LogP contribution in [0.1, 0.15) is 25.3 Å². The van der Waals surface area contributed by atoms with Crippen LogP contribution < -0.4 is 5.32 Å². The van der Waals surface area contributed by atoms with Crippen molar-refractivity contribution in [3.05, 3.63) is 17.0 Å². The van der Waals surface area contributed by atoms with Crippen molar-refractivity contribution >= 4 is 45.9 Å². The molecule has 0 unspecified atom stereocenters. The third-order valence-electron chi connectivity index (χ3n) is 4.10. The lowest BCUT2D eigenvalue weighted by Crippen LogP contribution is -2.47. The minimum atomic E-state index is -0.640. The number of nitrogens with one attached hydrogen (secondary N) is 1. The Bertz CT molecular complexity index is 741. The van der Waals surface area contributed by atoms with Gasteiger partial charge in [-0.2, -0.15) is 5.26 Å². The van der Waals surface area contributed by atoms with Gasteiger partial charge < -0.3 is 15.0 Å². The number of nitrogens with zero attached hydrogens (tertiary/aromatic N) is 2. The van der Waals surface area contributed by atoms with Crippen molar-refractivity contribution in [2.45, 2.75) is 30.7 Å². The first kappa shape index (κ1) is 16.8. The molecule has 1 aromatic heterocycles. The van der Waals surface area contributed by atoms with E-state index < -0.39 is 24.5 Å². The highest BCUT2D eigenvalue weighted by molar-refractivity contribution is 8.01. The number of ether oxygens (including phenoxy) is 1. The van der Waals surface area contributed by atoms with E-state index in [2.05, 4.69) is 5.32 Å². The molecule has 0 spiro atoms. The zero-order valence-electron chi connectivity index (χ0n) is 12.9. The lowest BCUT2D eigenvalue weighted by Gasteiger charge is -2.29. The fraction of sp³-hybridized carbons (Fsp3) is 0.467. The van der Waals surface area contributed by atoms with Crippen LogP contribution >= 0.6 is 23.1 Å². The van der Waals surface area contributed by atoms with Crippen molar-refractivity contribution in [1.29, 1.82) is 5.26 Å². The molecule has 2 fully saturated rings. The largest absolute Gasteiger partial charge is 0.454 e. The number of esters is 1. The zero-order chi connectivity index (χ0) is 17.3. The van der Waals surface area contributed by atoms with Gasteiger partial charge in [-0.15, -0.1) is 23.1 Å². The summed E-state index contributed by atoms with van der Waals surface area (Å²) in [5, 5.41) is 13.6. The highest BCUT2D eigenvalue weighted by atomic mass is 32.2. The fourth-order valence-electron chi connectivity index (χ4n) is 2.88. The van der Waals surface area contributed by atoms with Gasteiger partial charge in [-0.05, 0) is 24.8 Å². The maximum Gasteiger partial charge on any atom is 0.330 e. The van der Waals surface area contributed by atoms with Gasteiger partial charge in [0.2, 0.25) is 5.91 Å². The van der Waals surface area contributed by atoms with E-state index in [0.717, 1.165) is 6.42 Å². The number of hydrogen-bond acceptors (Lipinski definition) is 7. The third kappa shape index (κ3) is 2.99. The molecule has 2 aliphatic rings. The molecule has 0 aliphatic carbocycles. The quantitative estimate of drug-likeness (QED) is 0.813. The van der Waals surface area contributed by atoms with Crippen LogP contribution in [0.25, 0.3) is 0 Å². The maximum absolute atomic E-state index is 12.2. The Labute approximate surface area is 146 Å². The van der Waals surface area contributed by atoms with E-state index in [1.165, 1.54) is 11.3 Å². The molecule has 9 heteroatoms. The summed E-state index contributed by atoms with van der Waals surface area (Å²) in [6, 6.07) is 2.93. The first-order valence-corrected chi connectivity index (χ1v) is 9.21. The second-order valence-corrected chi connectivity index (χ2v) is 8.11. The van der Waals surface area contributed by atoms with Crippen LogP contribution in [-0.4, -0.2) is 46.0 Å². The van der Waals surface area contributed by atoms with Gasteiger partial charge in [-0.25, -0.2) is 4.79 Å². The number of thiophene rings is 1. The molecule has 2 atom stereocenters. The smallest absolute Gasteiger partial charge is 0.330 e. The molecule has 1 aromatic rings. The number of nitriles is 1. The fourth-order valence-corrected chi connectivity index (χ4v) is 5.06. The number of anilines is 1. The summed E-state index contributed by atoms with van der Waals surface area (Å²) in [6.07, 6.45) is 1.15. The van der Waals surface area contributed by atoms with Crippen molar-refractivity contribution in [2.75, 3.05) is 17.7 Å². The Morgan fingerprint density at radius 1 is 1.58 bits per heavy atom. The van der Waals surface area contributed by atoms with Crippen LogP contribution in [0, 0.1) is 11.3 Å². The van der Waals surface area contributed by atoms with Gasteiger partial charge in [0, 0.05) is 12.2 Å². The molecule has 7 nitrogen and oxygen atoms in total. The molecule has 126 valence electrons. The van der Waals surface area contributed by atoms with E-state index in [9.17, 15) is 14.4 Å². The van der Waals surface area contributed by atoms with Crippen molar-refractivity contribution in [2.24, 2.45) is 0 Å². The lowest BCUT2D eigenvalue weighted by atomic mass is 10.2. The van der Waals surface area contributed by atoms with E-state index in [-0.39, 0.29) is 10.8 Å². The van der Waals surface area contributed by atoms with Crippen molar-refractivity contribution in [1.82, 2.24) is 4.90 Å². The number of fused-ring (bicyclic) bond motifs is 1. The summed E-state index contributed by atoms with van der Waals surface area (Å²) in [5.74, 6) is -0.649. The predicted molar refractivity (Wildman–Crippen MR) is 89.4 cm³/mol. The molecule has 0 bridgehead atoms. The third-order valence-corrected chi connectivity index (χ3v) is 6.44. The Balaban J connectivity index is 1.55. The molecule has 24 heavy (non-hydrogen) atoms. The summed E-state index contributed by atoms with van der Waals surface area (Å²) in [7, 11) is 0. The van der Waals surface area contributed by atoms with E-state index in [4.69, 9.17) is 10.00 Å². The van der Waals surface area contributed by atoms with E-state index in [1.807, 2.05) is 13.0 Å². The van der Waals surface area contributed by atoms with E-state index in [0.29, 0.717) is 22.7 Å². The first-order valence-electron chi connectivity index (χ1n) is 7.35. The van der Waals surface area contributed by atoms with E-state index >= 15 is 0 Å². The van der Waals surface area contributed by atoms with Gasteiger partial charge in [0.15, 0.2) is 6.61 Å². The van der Waals surface area contributed by atoms with Crippen LogP contribution in [-0.2, 0) is 19.1 Å². The summed E-state index contributed by atoms with van der Waals surface area (Å²) in [4.78, 5) is 37.4. The number of hydrogen-bond donors (Lipinski definition) is 1. The SMILES string of the molecule is C[C@]12CCC(=O)N1[C@H](C(=O)OCC(=O)Nc1sccc1C#N)CS2. The van der Waals surface area contributed by atoms with E-state index in [1.54, 1.807) is 28.1 Å². The predicted octanol–water partition coefficient (Wildman–Crippen LogP) is 1.56. The van der Waals surface area contributed by atoms with Crippen LogP contribution in [0.15, 0.2) is 11.4 Å². The molecule has 3 heterocycles. The van der Waals surface area contributed by atoms with Crippen molar-refractivity contribution < 1.29 is 19.1 Å². The topological polar surface area (TPSA) is 99.5 Å². The van der Waals surface area contributed by atoms with Crippen molar-refractivity contribution in [3.8, 4) is 6.07 Å². The average molecular weight is 365 g/mol. The normalized spacial score (nSPS) is 25.2. The average Bonchev–Trinajstić information content (AvgIpc) is 3.21. The lowest BCUT2D eigenvalue weighted by molar-refractivity contribution is -0.155. The van der Waals surface area contributed by atoms with Crippen molar-refractivity contribution in [3.63, 3.8) is 0 Å². The Kier molecular flexibility index (Phi) is 4.51. The van der Waals surface area contributed by atoms with Crippen LogP contribution in [0.2, 0.25) is 0 Å². The molecule has 0 radical (unpaired) electrons. The van der Waals surface area contributed by atoms with Crippen LogP contribution in [0.5, 0.6) is 0 Å². The highest BCUT2D eigenvalue weighted by Crippen LogP contribution is 2.47. The number of rotatable bonds is 4. The number of carbonyl (C=O) groups excluding carboxylic acids is 3. The maximum atomic E-state index is 12.2. The van der Waals surface area contributed by atoms with Gasteiger partial charge in [0.05, 0.1) is 10.4 Å². The second-order valence-electron chi connectivity index (χ2n) is 5.70.